The maximum Gasteiger partial charge on any atom is 0.171 e. The Morgan fingerprint density at radius 3 is 0.796 bits per heavy atom. The van der Waals surface area contributed by atoms with Gasteiger partial charge in [-0.3, -0.25) is 0 Å². The predicted octanol–water partition coefficient (Wildman–Crippen LogP) is 9.52. The number of rotatable bonds is 47. The molecule has 0 fully saturated rings. The molecule has 0 bridgehead atoms. The zero-order valence-corrected chi connectivity index (χ0v) is 37.8. The van der Waals surface area contributed by atoms with Crippen molar-refractivity contribution < 1.29 is 18.1 Å². The molecule has 2 atom stereocenters. The highest BCUT2D eigenvalue weighted by Gasteiger charge is 2.15. The molecule has 0 rings (SSSR count). The second kappa shape index (κ2) is 46.2. The Balaban J connectivity index is 4.39. The highest BCUT2D eigenvalue weighted by Crippen LogP contribution is 2.39. The van der Waals surface area contributed by atoms with Crippen LogP contribution in [-0.2, 0) is 18.1 Å². The van der Waals surface area contributed by atoms with E-state index < -0.39 is 16.8 Å². The van der Waals surface area contributed by atoms with Gasteiger partial charge in [0.05, 0.1) is 26.4 Å². The van der Waals surface area contributed by atoms with E-state index in [1.54, 1.807) is 0 Å². The second-order valence-corrected chi connectivity index (χ2v) is 18.3. The van der Waals surface area contributed by atoms with Crippen molar-refractivity contribution in [1.29, 1.82) is 0 Å². The van der Waals surface area contributed by atoms with E-state index in [0.29, 0.717) is 0 Å². The summed E-state index contributed by atoms with van der Waals surface area (Å²) < 4.78 is 25.5. The summed E-state index contributed by atoms with van der Waals surface area (Å²) in [6.07, 6.45) is 31.3. The van der Waals surface area contributed by atoms with Gasteiger partial charge < -0.3 is 50.8 Å². The first-order chi connectivity index (χ1) is 26.6. The van der Waals surface area contributed by atoms with Crippen LogP contribution in [-0.4, -0.2) is 114 Å². The molecule has 0 amide bonds. The molecule has 54 heavy (non-hydrogen) atoms. The standard InChI is InChI=1S/C42H94N6O4P2/c1-3-5-7-9-15-19-37-49-53(41-35-47(31-23-27-43)32-24-28-44)51-39-21-17-13-11-12-14-18-22-40-52-54(50-38-20-16-10-8-6-4-2)42-36-48(33-25-29-45)34-26-30-46/h3-46H2,1-2H3. The fourth-order valence-corrected chi connectivity index (χ4v) is 9.29. The van der Waals surface area contributed by atoms with E-state index in [1.807, 2.05) is 0 Å². The van der Waals surface area contributed by atoms with Gasteiger partial charge in [0.25, 0.3) is 0 Å². The fourth-order valence-electron chi connectivity index (χ4n) is 6.40. The Labute approximate surface area is 338 Å². The van der Waals surface area contributed by atoms with Crippen molar-refractivity contribution in [2.24, 2.45) is 22.9 Å². The van der Waals surface area contributed by atoms with Gasteiger partial charge in [0.2, 0.25) is 0 Å². The van der Waals surface area contributed by atoms with Gasteiger partial charge in [0.1, 0.15) is 0 Å². The first-order valence-corrected chi connectivity index (χ1v) is 25.7. The summed E-state index contributed by atoms with van der Waals surface area (Å²) in [7, 11) is -1.69. The number of nitrogens with zero attached hydrogens (tertiary/aromatic N) is 2. The minimum absolute atomic E-state index is 0.732. The average Bonchev–Trinajstić information content (AvgIpc) is 3.18. The Morgan fingerprint density at radius 1 is 0.315 bits per heavy atom. The summed E-state index contributed by atoms with van der Waals surface area (Å²) in [4.78, 5) is 4.99. The number of hydrogen-bond donors (Lipinski definition) is 4. The molecule has 0 aromatic rings. The molecule has 0 aliphatic heterocycles. The molecular formula is C42H94N6O4P2. The van der Waals surface area contributed by atoms with E-state index >= 15 is 0 Å². The minimum atomic E-state index is -0.847. The third-order valence-electron chi connectivity index (χ3n) is 9.89. The highest BCUT2D eigenvalue weighted by atomic mass is 31.2. The normalized spacial score (nSPS) is 13.1. The van der Waals surface area contributed by atoms with Crippen molar-refractivity contribution in [1.82, 2.24) is 9.80 Å². The third kappa shape index (κ3) is 39.3. The van der Waals surface area contributed by atoms with E-state index in [-0.39, 0.29) is 0 Å². The van der Waals surface area contributed by atoms with Crippen LogP contribution in [0.15, 0.2) is 0 Å². The van der Waals surface area contributed by atoms with Gasteiger partial charge in [-0.25, -0.2) is 0 Å². The summed E-state index contributed by atoms with van der Waals surface area (Å²) in [6.45, 7) is 16.9. The maximum absolute atomic E-state index is 6.38. The molecule has 0 aromatic carbocycles. The molecule has 0 radical (unpaired) electrons. The summed E-state index contributed by atoms with van der Waals surface area (Å²) in [5.74, 6) is 0. The average molecular weight is 809 g/mol. The lowest BCUT2D eigenvalue weighted by molar-refractivity contribution is 0.229. The topological polar surface area (TPSA) is 147 Å². The van der Waals surface area contributed by atoms with Crippen LogP contribution in [0.3, 0.4) is 0 Å². The van der Waals surface area contributed by atoms with Crippen LogP contribution in [0.25, 0.3) is 0 Å². The third-order valence-corrected chi connectivity index (χ3v) is 12.9. The van der Waals surface area contributed by atoms with Gasteiger partial charge in [-0.1, -0.05) is 117 Å². The molecule has 12 heteroatoms. The zero-order valence-electron chi connectivity index (χ0n) is 36.0. The molecule has 0 saturated carbocycles. The molecule has 326 valence electrons. The lowest BCUT2D eigenvalue weighted by atomic mass is 10.1. The highest BCUT2D eigenvalue weighted by molar-refractivity contribution is 7.47. The quantitative estimate of drug-likeness (QED) is 0.0346. The number of unbranched alkanes of at least 4 members (excludes halogenated alkanes) is 17. The van der Waals surface area contributed by atoms with Crippen LogP contribution in [0.5, 0.6) is 0 Å². The van der Waals surface area contributed by atoms with Crippen molar-refractivity contribution in [3.8, 4) is 0 Å². The maximum atomic E-state index is 6.38. The van der Waals surface area contributed by atoms with Gasteiger partial charge >= 0.3 is 0 Å². The Kier molecular flexibility index (Phi) is 46.5. The van der Waals surface area contributed by atoms with E-state index in [2.05, 4.69) is 23.6 Å². The predicted molar refractivity (Wildman–Crippen MR) is 239 cm³/mol. The monoisotopic (exact) mass is 809 g/mol. The van der Waals surface area contributed by atoms with Crippen molar-refractivity contribution >= 4 is 16.8 Å². The van der Waals surface area contributed by atoms with Crippen LogP contribution < -0.4 is 22.9 Å². The molecule has 0 spiro atoms. The molecule has 0 aromatic heterocycles. The SMILES string of the molecule is CCCCCCCCOP(CCN(CCCN)CCCN)OCCCCCCCCCCOP(CCN(CCCN)CCCN)OCCCCCCCC. The molecule has 0 aliphatic rings. The summed E-state index contributed by atoms with van der Waals surface area (Å²) in [6, 6.07) is 0. The smallest absolute Gasteiger partial charge is 0.171 e. The van der Waals surface area contributed by atoms with Crippen molar-refractivity contribution in [2.75, 3.05) is 104 Å². The van der Waals surface area contributed by atoms with Crippen LogP contribution in [0.4, 0.5) is 0 Å². The molecule has 0 aliphatic carbocycles. The number of nitrogens with two attached hydrogens (primary N) is 4. The van der Waals surface area contributed by atoms with Crippen molar-refractivity contribution in [3.05, 3.63) is 0 Å². The lowest BCUT2D eigenvalue weighted by Crippen LogP contribution is -2.31. The summed E-state index contributed by atoms with van der Waals surface area (Å²) >= 11 is 0. The van der Waals surface area contributed by atoms with E-state index in [9.17, 15) is 0 Å². The first kappa shape index (κ1) is 54.5. The molecule has 0 saturated heterocycles. The van der Waals surface area contributed by atoms with Crippen LogP contribution >= 0.6 is 16.8 Å². The molecule has 2 unspecified atom stereocenters. The van der Waals surface area contributed by atoms with Gasteiger partial charge in [-0.2, -0.15) is 0 Å². The summed E-state index contributed by atoms with van der Waals surface area (Å²) in [5.41, 5.74) is 23.2. The van der Waals surface area contributed by atoms with Gasteiger partial charge in [0.15, 0.2) is 16.8 Å². The van der Waals surface area contributed by atoms with Gasteiger partial charge in [0, 0.05) is 25.4 Å². The molecule has 10 nitrogen and oxygen atoms in total. The number of hydrogen-bond acceptors (Lipinski definition) is 10. The largest absolute Gasteiger partial charge is 0.334 e. The summed E-state index contributed by atoms with van der Waals surface area (Å²) in [5, 5.41) is 0. The van der Waals surface area contributed by atoms with Crippen LogP contribution in [0, 0.1) is 0 Å². The Hall–Kier alpha value is 0.460. The van der Waals surface area contributed by atoms with E-state index in [0.717, 1.165) is 156 Å². The van der Waals surface area contributed by atoms with Crippen molar-refractivity contribution in [2.45, 2.75) is 168 Å². The Bertz CT molecular complexity index is 637. The van der Waals surface area contributed by atoms with Crippen LogP contribution in [0.2, 0.25) is 0 Å². The Morgan fingerprint density at radius 2 is 0.556 bits per heavy atom. The minimum Gasteiger partial charge on any atom is -0.334 e. The van der Waals surface area contributed by atoms with Gasteiger partial charge in [-0.05, 0) is 104 Å². The fraction of sp³-hybridized carbons (Fsp3) is 1.00. The molecule has 0 heterocycles. The van der Waals surface area contributed by atoms with E-state index in [4.69, 9.17) is 41.0 Å². The zero-order chi connectivity index (χ0) is 39.4. The molecular weight excluding hydrogens is 714 g/mol. The molecule has 8 N–H and O–H groups in total. The van der Waals surface area contributed by atoms with Gasteiger partial charge in [-0.15, -0.1) is 0 Å². The van der Waals surface area contributed by atoms with Crippen LogP contribution in [0.1, 0.15) is 168 Å². The lowest BCUT2D eigenvalue weighted by Gasteiger charge is -2.25. The van der Waals surface area contributed by atoms with E-state index in [1.165, 1.54) is 103 Å². The second-order valence-electron chi connectivity index (χ2n) is 15.1. The van der Waals surface area contributed by atoms with Crippen molar-refractivity contribution in [3.63, 3.8) is 0 Å². The first-order valence-electron chi connectivity index (χ1n) is 23.0.